The number of hydrogen-bond donors (Lipinski definition) is 0. The first-order valence-electron chi connectivity index (χ1n) is 10.5. The van der Waals surface area contributed by atoms with Crippen molar-refractivity contribution in [1.29, 1.82) is 0 Å². The van der Waals surface area contributed by atoms with E-state index in [0.717, 1.165) is 25.7 Å². The Kier molecular flexibility index (Phi) is 2.31. The smallest absolute Gasteiger partial charge is 0.0498 e. The molecule has 0 fully saturated rings. The maximum atomic E-state index is 2.63. The van der Waals surface area contributed by atoms with Crippen LogP contribution in [0.3, 0.4) is 0 Å². The lowest BCUT2D eigenvalue weighted by Gasteiger charge is -2.31. The third kappa shape index (κ3) is 1.47. The van der Waals surface area contributed by atoms with E-state index in [2.05, 4.69) is 91.1 Å². The molecule has 0 saturated carbocycles. The Hall–Kier alpha value is -3.40. The van der Waals surface area contributed by atoms with Crippen molar-refractivity contribution in [1.82, 2.24) is 0 Å². The van der Waals surface area contributed by atoms with Crippen LogP contribution in [0.2, 0.25) is 0 Å². The fraction of sp³-hybridized carbons (Fsp3) is 0.200. The average molecular weight is 376 g/mol. The van der Waals surface area contributed by atoms with Crippen molar-refractivity contribution >= 4 is 0 Å². The lowest BCUT2D eigenvalue weighted by Crippen LogP contribution is -3.05. The summed E-state index contributed by atoms with van der Waals surface area (Å²) < 4.78 is 10.5. The first kappa shape index (κ1) is 14.6. The van der Waals surface area contributed by atoms with Crippen molar-refractivity contribution in [2.24, 2.45) is 0 Å². The van der Waals surface area contributed by atoms with Gasteiger partial charge in [-0.25, -0.2) is 0 Å². The van der Waals surface area contributed by atoms with Gasteiger partial charge in [-0.3, -0.25) is 0 Å². The Bertz CT molecular complexity index is 1120. The molecule has 0 radical (unpaired) electrons. The van der Waals surface area contributed by atoms with Gasteiger partial charge in [0.15, 0.2) is 0 Å². The van der Waals surface area contributed by atoms with Crippen LogP contribution in [0.5, 0.6) is 0 Å². The summed E-state index contributed by atoms with van der Waals surface area (Å²) in [5, 5.41) is 0. The van der Waals surface area contributed by atoms with Crippen molar-refractivity contribution < 1.29 is 18.3 Å². The molecule has 0 unspecified atom stereocenters. The highest BCUT2D eigenvalue weighted by Gasteiger charge is 2.82. The van der Waals surface area contributed by atoms with Crippen molar-refractivity contribution in [2.45, 2.75) is 31.6 Å². The van der Waals surface area contributed by atoms with Gasteiger partial charge in [0.25, 0.3) is 0 Å². The molecule has 0 amide bonds. The topological polar surface area (TPSA) is 15.5 Å². The fourth-order valence-electron chi connectivity index (χ4n) is 6.40. The van der Waals surface area contributed by atoms with E-state index in [1.165, 1.54) is 45.6 Å². The molecule has 0 N–H and O–H groups in total. The molecule has 4 nitrogen and oxygen atoms in total. The standard InChI is InChI=1S/C25H20N4/c1-5-17-13-19-7-2-9-21-15-23-11-4-12-24-16-22-10-3-8-20-14-18(6-1)26(17)25(27(19)21,28(20)22)29(23)24/h1-12H,13-16H2/q+4. The van der Waals surface area contributed by atoms with Crippen LogP contribution >= 0.6 is 0 Å². The average Bonchev–Trinajstić information content (AvgIpc) is 2.74. The highest BCUT2D eigenvalue weighted by atomic mass is 15.6. The zero-order chi connectivity index (χ0) is 18.7. The van der Waals surface area contributed by atoms with Gasteiger partial charge in [0.1, 0.15) is 25.7 Å². The van der Waals surface area contributed by atoms with E-state index in [9.17, 15) is 0 Å². The van der Waals surface area contributed by atoms with Crippen LogP contribution in [-0.4, -0.2) is 0 Å². The Balaban J connectivity index is 1.70. The second kappa shape index (κ2) is 4.60. The summed E-state index contributed by atoms with van der Waals surface area (Å²) in [4.78, 5) is 0. The van der Waals surface area contributed by atoms with E-state index in [0.29, 0.717) is 0 Å². The van der Waals surface area contributed by atoms with Gasteiger partial charge in [0.05, 0.1) is 0 Å². The molecule has 0 atom stereocenters. The summed E-state index contributed by atoms with van der Waals surface area (Å²) in [6.45, 7) is 0. The molecular weight excluding hydrogens is 356 g/mol. The lowest BCUT2D eigenvalue weighted by molar-refractivity contribution is -1.34. The number of hydrogen-bond acceptors (Lipinski definition) is 0. The third-order valence-electron chi connectivity index (χ3n) is 7.26. The van der Waals surface area contributed by atoms with E-state index >= 15 is 0 Å². The fourth-order valence-corrected chi connectivity index (χ4v) is 6.40. The molecule has 4 aromatic heterocycles. The molecular formula is C25H20N4+4. The third-order valence-corrected chi connectivity index (χ3v) is 7.26. The second-order valence-electron chi connectivity index (χ2n) is 8.68. The van der Waals surface area contributed by atoms with Crippen LogP contribution in [0.15, 0.2) is 72.8 Å². The van der Waals surface area contributed by atoms with E-state index < -0.39 is 5.91 Å². The van der Waals surface area contributed by atoms with Crippen LogP contribution in [-0.2, 0) is 31.6 Å². The van der Waals surface area contributed by atoms with Crippen LogP contribution < -0.4 is 18.3 Å². The Morgan fingerprint density at radius 3 is 0.793 bits per heavy atom. The largest absolute Gasteiger partial charge is 0.768 e. The first-order valence-corrected chi connectivity index (χ1v) is 10.5. The zero-order valence-corrected chi connectivity index (χ0v) is 16.0. The summed E-state index contributed by atoms with van der Waals surface area (Å²) in [5.74, 6) is -0.428. The molecule has 0 aromatic carbocycles. The maximum absolute atomic E-state index is 2.63. The van der Waals surface area contributed by atoms with E-state index in [1.54, 1.807) is 0 Å². The van der Waals surface area contributed by atoms with Crippen LogP contribution in [0.25, 0.3) is 0 Å². The minimum atomic E-state index is -0.428. The van der Waals surface area contributed by atoms with Gasteiger partial charge in [0.2, 0.25) is 45.6 Å². The molecule has 4 aliphatic heterocycles. The molecule has 1 spiro atoms. The Morgan fingerprint density at radius 2 is 0.586 bits per heavy atom. The van der Waals surface area contributed by atoms with E-state index in [4.69, 9.17) is 0 Å². The number of rotatable bonds is 0. The van der Waals surface area contributed by atoms with Crippen molar-refractivity contribution in [3.05, 3.63) is 118 Å². The van der Waals surface area contributed by atoms with Crippen molar-refractivity contribution in [2.75, 3.05) is 0 Å². The molecule has 0 bridgehead atoms. The number of pyridine rings is 4. The van der Waals surface area contributed by atoms with Gasteiger partial charge in [-0.2, -0.15) is 0 Å². The van der Waals surface area contributed by atoms with E-state index in [1.807, 2.05) is 0 Å². The predicted molar refractivity (Wildman–Crippen MR) is 102 cm³/mol. The van der Waals surface area contributed by atoms with Gasteiger partial charge < -0.3 is 0 Å². The summed E-state index contributed by atoms with van der Waals surface area (Å²) in [7, 11) is 0. The van der Waals surface area contributed by atoms with Crippen LogP contribution in [0.1, 0.15) is 45.6 Å². The molecule has 136 valence electrons. The molecule has 29 heavy (non-hydrogen) atoms. The van der Waals surface area contributed by atoms with Gasteiger partial charge >= 0.3 is 5.91 Å². The minimum Gasteiger partial charge on any atom is -0.0498 e. The lowest BCUT2D eigenvalue weighted by atomic mass is 9.95. The molecule has 0 saturated heterocycles. The minimum absolute atomic E-state index is 0.428. The van der Waals surface area contributed by atoms with Gasteiger partial charge in [-0.1, -0.05) is 0 Å². The molecule has 4 aliphatic rings. The second-order valence-corrected chi connectivity index (χ2v) is 8.68. The van der Waals surface area contributed by atoms with Crippen LogP contribution in [0.4, 0.5) is 0 Å². The first-order chi connectivity index (χ1) is 14.4. The molecule has 4 heteroatoms. The molecule has 0 aliphatic carbocycles. The Morgan fingerprint density at radius 1 is 0.379 bits per heavy atom. The normalized spacial score (nSPS) is 17.4. The highest BCUT2D eigenvalue weighted by Crippen LogP contribution is 2.28. The number of aromatic nitrogens is 4. The monoisotopic (exact) mass is 376 g/mol. The molecule has 8 heterocycles. The molecule has 8 rings (SSSR count). The maximum Gasteiger partial charge on any atom is 0.768 e. The zero-order valence-electron chi connectivity index (χ0n) is 16.0. The van der Waals surface area contributed by atoms with Crippen molar-refractivity contribution in [3.8, 4) is 0 Å². The molecule has 4 aromatic rings. The van der Waals surface area contributed by atoms with Gasteiger partial charge in [-0.15, -0.1) is 0 Å². The van der Waals surface area contributed by atoms with E-state index in [-0.39, 0.29) is 0 Å². The summed E-state index contributed by atoms with van der Waals surface area (Å²) in [6.07, 6.45) is 3.89. The summed E-state index contributed by atoms with van der Waals surface area (Å²) in [5.41, 5.74) is 11.1. The highest BCUT2D eigenvalue weighted by molar-refractivity contribution is 5.22. The SMILES string of the molecule is c1cc2[n+]3c(c1)Cc1cccc4[n+]1C31[n+]3c(cccc3Cc3cccc([n+]31)C4)C2. The Labute approximate surface area is 168 Å². The number of nitrogens with zero attached hydrogens (tertiary/aromatic N) is 4. The van der Waals surface area contributed by atoms with Crippen LogP contribution in [0, 0.1) is 0 Å². The van der Waals surface area contributed by atoms with Gasteiger partial charge in [0, 0.05) is 48.5 Å². The van der Waals surface area contributed by atoms with Crippen molar-refractivity contribution in [3.63, 3.8) is 0 Å². The summed E-state index contributed by atoms with van der Waals surface area (Å²) in [6, 6.07) is 27.5. The predicted octanol–water partition coefficient (Wildman–Crippen LogP) is 0.666. The quantitative estimate of drug-likeness (QED) is 0.346. The summed E-state index contributed by atoms with van der Waals surface area (Å²) >= 11 is 0. The van der Waals surface area contributed by atoms with Gasteiger partial charge in [-0.05, 0) is 42.5 Å².